The number of carbonyl (C=O) groups is 3. The largest absolute Gasteiger partial charge is 0.435 e. The molecule has 1 atom stereocenters. The molecule has 0 bridgehead atoms. The van der Waals surface area contributed by atoms with Crippen LogP contribution in [-0.4, -0.2) is 65.2 Å². The van der Waals surface area contributed by atoms with Gasteiger partial charge >= 0.3 is 12.4 Å². The summed E-state index contributed by atoms with van der Waals surface area (Å²) in [5.74, 6) is -3.18. The van der Waals surface area contributed by atoms with Crippen LogP contribution >= 0.6 is 23.2 Å². The Bertz CT molecular complexity index is 1380. The highest BCUT2D eigenvalue weighted by atomic mass is 35.5. The Morgan fingerprint density at radius 2 is 1.64 bits per heavy atom. The molecule has 2 aliphatic heterocycles. The molecule has 0 spiro atoms. The summed E-state index contributed by atoms with van der Waals surface area (Å²) in [6.07, 6.45) is -10.4. The first-order chi connectivity index (χ1) is 18.0. The van der Waals surface area contributed by atoms with Gasteiger partial charge in [0.15, 0.2) is 0 Å². The summed E-state index contributed by atoms with van der Waals surface area (Å²) >= 11 is 11.8. The number of hydrogen-bond acceptors (Lipinski definition) is 5. The van der Waals surface area contributed by atoms with Gasteiger partial charge in [-0.1, -0.05) is 40.5 Å². The fraction of sp³-hybridized carbons (Fsp3) is 0.333. The third-order valence-electron chi connectivity index (χ3n) is 6.24. The lowest BCUT2D eigenvalue weighted by molar-refractivity contribution is -0.275. The minimum Gasteiger partial charge on any atom is -0.374 e. The second-order valence-corrected chi connectivity index (χ2v) is 9.75. The molecule has 1 fully saturated rings. The van der Waals surface area contributed by atoms with Gasteiger partial charge in [0.1, 0.15) is 19.6 Å². The molecule has 15 heteroatoms. The molecule has 39 heavy (non-hydrogen) atoms. The summed E-state index contributed by atoms with van der Waals surface area (Å²) in [5, 5.41) is 3.60. The van der Waals surface area contributed by atoms with Crippen molar-refractivity contribution in [1.82, 2.24) is 9.80 Å². The second-order valence-electron chi connectivity index (χ2n) is 8.94. The van der Waals surface area contributed by atoms with Crippen LogP contribution in [0.1, 0.15) is 33.5 Å². The van der Waals surface area contributed by atoms with Crippen LogP contribution in [0.2, 0.25) is 10.0 Å². The van der Waals surface area contributed by atoms with Gasteiger partial charge in [-0.25, -0.2) is 0 Å². The van der Waals surface area contributed by atoms with Gasteiger partial charge in [0, 0.05) is 17.5 Å². The maximum Gasteiger partial charge on any atom is 0.435 e. The van der Waals surface area contributed by atoms with Gasteiger partial charge in [-0.15, -0.1) is 0 Å². The number of piperazine rings is 1. The topological polar surface area (TPSA) is 79.3 Å². The first-order valence-corrected chi connectivity index (χ1v) is 11.9. The third-order valence-corrected chi connectivity index (χ3v) is 6.98. The standard InChI is InChI=1S/C24H17Cl2F6N3O4/c1-12-6-13(18-8-22(39-33-18,24(30,31)32)14-3-5-16(25)17(26)7-14)2-4-15(12)21(38)34-9-19(36)35(20(37)10-34)11-23(27,28)29/h2-7H,8-11H2,1H3. The smallest absolute Gasteiger partial charge is 0.374 e. The summed E-state index contributed by atoms with van der Waals surface area (Å²) < 4.78 is 80.6. The molecule has 2 heterocycles. The Kier molecular flexibility index (Phi) is 7.36. The molecule has 1 saturated heterocycles. The molecule has 2 aromatic rings. The molecule has 7 nitrogen and oxygen atoms in total. The van der Waals surface area contributed by atoms with E-state index in [9.17, 15) is 40.7 Å². The minimum absolute atomic E-state index is 0.00490. The van der Waals surface area contributed by atoms with E-state index in [1.165, 1.54) is 31.2 Å². The summed E-state index contributed by atoms with van der Waals surface area (Å²) in [7, 11) is 0. The molecule has 2 aliphatic rings. The number of carbonyl (C=O) groups excluding carboxylic acids is 3. The first-order valence-electron chi connectivity index (χ1n) is 11.1. The lowest BCUT2D eigenvalue weighted by Crippen LogP contribution is -2.57. The average molecular weight is 596 g/mol. The Hall–Kier alpha value is -3.32. The van der Waals surface area contributed by atoms with Crippen molar-refractivity contribution in [3.05, 3.63) is 68.7 Å². The van der Waals surface area contributed by atoms with Crippen molar-refractivity contribution in [1.29, 1.82) is 0 Å². The molecule has 0 saturated carbocycles. The van der Waals surface area contributed by atoms with Gasteiger partial charge in [0.05, 0.1) is 15.8 Å². The number of oxime groups is 1. The van der Waals surface area contributed by atoms with E-state index < -0.39 is 61.7 Å². The Labute approximate surface area is 226 Å². The summed E-state index contributed by atoms with van der Waals surface area (Å²) in [4.78, 5) is 43.0. The molecule has 0 N–H and O–H groups in total. The molecule has 2 aromatic carbocycles. The number of alkyl halides is 6. The normalized spacial score (nSPS) is 20.3. The number of hydrogen-bond donors (Lipinski definition) is 0. The first kappa shape index (κ1) is 28.7. The van der Waals surface area contributed by atoms with Crippen LogP contribution in [0.4, 0.5) is 26.3 Å². The van der Waals surface area contributed by atoms with Crippen LogP contribution in [0.25, 0.3) is 0 Å². The Morgan fingerprint density at radius 1 is 1.00 bits per heavy atom. The van der Waals surface area contributed by atoms with E-state index in [1.807, 2.05) is 0 Å². The number of imide groups is 1. The molecular weight excluding hydrogens is 579 g/mol. The molecule has 3 amide bonds. The van der Waals surface area contributed by atoms with Crippen molar-refractivity contribution in [2.75, 3.05) is 19.6 Å². The van der Waals surface area contributed by atoms with Crippen LogP contribution in [0.15, 0.2) is 41.6 Å². The van der Waals surface area contributed by atoms with E-state index in [0.717, 1.165) is 17.0 Å². The third kappa shape index (κ3) is 5.55. The van der Waals surface area contributed by atoms with E-state index in [0.29, 0.717) is 0 Å². The van der Waals surface area contributed by atoms with Crippen molar-refractivity contribution >= 4 is 46.6 Å². The van der Waals surface area contributed by atoms with Crippen LogP contribution in [0.3, 0.4) is 0 Å². The predicted molar refractivity (Wildman–Crippen MR) is 126 cm³/mol. The van der Waals surface area contributed by atoms with E-state index in [-0.39, 0.29) is 42.9 Å². The lowest BCUT2D eigenvalue weighted by Gasteiger charge is -2.33. The van der Waals surface area contributed by atoms with Crippen molar-refractivity contribution < 1.29 is 45.6 Å². The minimum atomic E-state index is -4.90. The highest BCUT2D eigenvalue weighted by molar-refractivity contribution is 6.42. The molecule has 0 aromatic heterocycles. The number of benzene rings is 2. The van der Waals surface area contributed by atoms with E-state index in [1.54, 1.807) is 0 Å². The molecule has 208 valence electrons. The van der Waals surface area contributed by atoms with Gasteiger partial charge in [-0.05, 0) is 42.3 Å². The zero-order chi connectivity index (χ0) is 28.9. The van der Waals surface area contributed by atoms with Gasteiger partial charge < -0.3 is 9.74 Å². The highest BCUT2D eigenvalue weighted by Crippen LogP contribution is 2.49. The van der Waals surface area contributed by atoms with E-state index in [4.69, 9.17) is 28.0 Å². The van der Waals surface area contributed by atoms with Crippen LogP contribution in [0, 0.1) is 6.92 Å². The van der Waals surface area contributed by atoms with Crippen LogP contribution in [-0.2, 0) is 20.0 Å². The number of aryl methyl sites for hydroxylation is 1. The van der Waals surface area contributed by atoms with Gasteiger partial charge in [0.25, 0.3) is 11.5 Å². The summed E-state index contributed by atoms with van der Waals surface area (Å²) in [6.45, 7) is -1.79. The lowest BCUT2D eigenvalue weighted by atomic mass is 9.86. The summed E-state index contributed by atoms with van der Waals surface area (Å²) in [5.41, 5.74) is -2.77. The predicted octanol–water partition coefficient (Wildman–Crippen LogP) is 5.26. The number of amides is 3. The quantitative estimate of drug-likeness (QED) is 0.357. The fourth-order valence-electron chi connectivity index (χ4n) is 4.25. The van der Waals surface area contributed by atoms with E-state index >= 15 is 0 Å². The van der Waals surface area contributed by atoms with Gasteiger partial charge in [0.2, 0.25) is 11.8 Å². The summed E-state index contributed by atoms with van der Waals surface area (Å²) in [6, 6.07) is 7.33. The monoisotopic (exact) mass is 595 g/mol. The maximum absolute atomic E-state index is 14.2. The second kappa shape index (κ2) is 10.0. The van der Waals surface area contributed by atoms with Crippen molar-refractivity contribution in [3.8, 4) is 0 Å². The number of nitrogens with zero attached hydrogens (tertiary/aromatic N) is 3. The van der Waals surface area contributed by atoms with E-state index in [2.05, 4.69) is 5.16 Å². The number of rotatable bonds is 4. The molecule has 4 rings (SSSR count). The average Bonchev–Trinajstić information content (AvgIpc) is 3.29. The molecule has 0 aliphatic carbocycles. The zero-order valence-corrected chi connectivity index (χ0v) is 21.3. The molecule has 1 unspecified atom stereocenters. The van der Waals surface area contributed by atoms with Gasteiger partial charge in [-0.3, -0.25) is 19.3 Å². The molecule has 0 radical (unpaired) electrons. The van der Waals surface area contributed by atoms with Crippen molar-refractivity contribution in [3.63, 3.8) is 0 Å². The SMILES string of the molecule is Cc1cc(C2=NOC(c3ccc(Cl)c(Cl)c3)(C(F)(F)F)C2)ccc1C(=O)N1CC(=O)N(CC(F)(F)F)C(=O)C1. The van der Waals surface area contributed by atoms with Crippen molar-refractivity contribution in [2.24, 2.45) is 5.16 Å². The fourth-order valence-corrected chi connectivity index (χ4v) is 4.55. The van der Waals surface area contributed by atoms with Crippen molar-refractivity contribution in [2.45, 2.75) is 31.3 Å². The molecular formula is C24H17Cl2F6N3O4. The van der Waals surface area contributed by atoms with Crippen LogP contribution < -0.4 is 0 Å². The zero-order valence-electron chi connectivity index (χ0n) is 19.8. The number of halogens is 8. The Balaban J connectivity index is 1.55. The maximum atomic E-state index is 14.2. The van der Waals surface area contributed by atoms with Crippen LogP contribution in [0.5, 0.6) is 0 Å². The highest BCUT2D eigenvalue weighted by Gasteiger charge is 2.62. The Morgan fingerprint density at radius 3 is 2.18 bits per heavy atom. The van der Waals surface area contributed by atoms with Gasteiger partial charge in [-0.2, -0.15) is 26.3 Å².